The summed E-state index contributed by atoms with van der Waals surface area (Å²) in [6, 6.07) is 8.09. The Morgan fingerprint density at radius 2 is 1.87 bits per heavy atom. The highest BCUT2D eigenvalue weighted by atomic mass is 32.2. The summed E-state index contributed by atoms with van der Waals surface area (Å²) in [6.07, 6.45) is 5.85. The summed E-state index contributed by atoms with van der Waals surface area (Å²) in [5.74, 6) is -4.04. The molecule has 1 amide bonds. The van der Waals surface area contributed by atoms with Gasteiger partial charge in [0.2, 0.25) is 10.0 Å². The van der Waals surface area contributed by atoms with Crippen molar-refractivity contribution < 1.29 is 27.1 Å². The Bertz CT molecular complexity index is 1530. The van der Waals surface area contributed by atoms with Crippen molar-refractivity contribution in [2.45, 2.75) is 44.6 Å². The maximum atomic E-state index is 13.5. The third-order valence-electron chi connectivity index (χ3n) is 8.07. The van der Waals surface area contributed by atoms with Gasteiger partial charge in [-0.2, -0.15) is 5.10 Å². The van der Waals surface area contributed by atoms with Gasteiger partial charge in [0.05, 0.1) is 42.0 Å². The highest BCUT2D eigenvalue weighted by Crippen LogP contribution is 2.54. The second kappa shape index (κ2) is 9.40. The number of amides is 1. The molecule has 2 aliphatic carbocycles. The molecular weight excluding hydrogens is 530 g/mol. The lowest BCUT2D eigenvalue weighted by Crippen LogP contribution is -2.35. The lowest BCUT2D eigenvalue weighted by atomic mass is 9.93. The van der Waals surface area contributed by atoms with Crippen LogP contribution in [0.1, 0.15) is 42.5 Å². The number of pyridine rings is 1. The van der Waals surface area contributed by atoms with E-state index in [4.69, 9.17) is 5.11 Å². The first-order valence-corrected chi connectivity index (χ1v) is 14.7. The van der Waals surface area contributed by atoms with E-state index in [2.05, 4.69) is 25.0 Å². The van der Waals surface area contributed by atoms with Gasteiger partial charge in [-0.05, 0) is 61.4 Å². The number of benzene rings is 1. The highest BCUT2D eigenvalue weighted by molar-refractivity contribution is 7.92. The predicted molar refractivity (Wildman–Crippen MR) is 143 cm³/mol. The molecule has 10 nitrogen and oxygen atoms in total. The number of rotatable bonds is 9. The van der Waals surface area contributed by atoms with Crippen LogP contribution < -0.4 is 14.9 Å². The zero-order chi connectivity index (χ0) is 27.4. The fraction of sp³-hybridized carbons (Fsp3) is 0.500. The van der Waals surface area contributed by atoms with Crippen molar-refractivity contribution in [1.29, 1.82) is 0 Å². The molecule has 2 saturated carbocycles. The van der Waals surface area contributed by atoms with Crippen LogP contribution in [0.4, 0.5) is 26.0 Å². The quantitative estimate of drug-likeness (QED) is 0.366. The van der Waals surface area contributed by atoms with Gasteiger partial charge in [0.1, 0.15) is 5.82 Å². The number of anilines is 3. The van der Waals surface area contributed by atoms with Crippen molar-refractivity contribution in [1.82, 2.24) is 14.8 Å². The molecule has 6 rings (SSSR count). The van der Waals surface area contributed by atoms with Crippen molar-refractivity contribution in [3.05, 3.63) is 42.1 Å². The Hall–Kier alpha value is -3.32. The van der Waals surface area contributed by atoms with Gasteiger partial charge in [0.25, 0.3) is 11.8 Å². The van der Waals surface area contributed by atoms with Gasteiger partial charge in [0.15, 0.2) is 5.65 Å². The fourth-order valence-electron chi connectivity index (χ4n) is 5.31. The van der Waals surface area contributed by atoms with Gasteiger partial charge in [-0.3, -0.25) is 9.52 Å². The van der Waals surface area contributed by atoms with E-state index < -0.39 is 40.1 Å². The topological polar surface area (TPSA) is 129 Å². The minimum Gasteiger partial charge on any atom is -0.395 e. The van der Waals surface area contributed by atoms with E-state index in [-0.39, 0.29) is 18.8 Å². The molecule has 208 valence electrons. The molecular formula is C26H30F2N6O4S. The molecule has 3 fully saturated rings. The van der Waals surface area contributed by atoms with E-state index in [0.717, 1.165) is 25.9 Å². The van der Waals surface area contributed by atoms with E-state index in [1.165, 1.54) is 23.6 Å². The predicted octanol–water partition coefficient (Wildman–Crippen LogP) is 3.45. The first-order valence-electron chi connectivity index (χ1n) is 13.1. The number of aromatic nitrogens is 3. The molecule has 1 atom stereocenters. The second-order valence-electron chi connectivity index (χ2n) is 10.9. The molecule has 1 unspecified atom stereocenters. The van der Waals surface area contributed by atoms with Crippen molar-refractivity contribution in [3.8, 4) is 0 Å². The average Bonchev–Trinajstić information content (AvgIpc) is 3.73. The highest BCUT2D eigenvalue weighted by Gasteiger charge is 2.57. The van der Waals surface area contributed by atoms with Gasteiger partial charge in [-0.1, -0.05) is 0 Å². The van der Waals surface area contributed by atoms with Gasteiger partial charge in [-0.25, -0.2) is 26.9 Å². The molecule has 3 aliphatic rings. The van der Waals surface area contributed by atoms with Gasteiger partial charge in [-0.15, -0.1) is 0 Å². The summed E-state index contributed by atoms with van der Waals surface area (Å²) >= 11 is 0. The summed E-state index contributed by atoms with van der Waals surface area (Å²) in [6.45, 7) is 1.05. The molecule has 3 heterocycles. The number of carbonyl (C=O) groups excluding carboxylic acids is 1. The van der Waals surface area contributed by atoms with Gasteiger partial charge < -0.3 is 15.3 Å². The fourth-order valence-corrected chi connectivity index (χ4v) is 6.14. The van der Waals surface area contributed by atoms with E-state index in [1.54, 1.807) is 30.5 Å². The van der Waals surface area contributed by atoms with Gasteiger partial charge in [0, 0.05) is 30.8 Å². The Balaban J connectivity index is 1.26. The third-order valence-corrected chi connectivity index (χ3v) is 9.34. The molecule has 1 aromatic carbocycles. The Labute approximate surface area is 224 Å². The first kappa shape index (κ1) is 25.9. The van der Waals surface area contributed by atoms with Crippen LogP contribution in [0.3, 0.4) is 0 Å². The molecule has 3 aromatic rings. The Kier molecular flexibility index (Phi) is 6.25. The summed E-state index contributed by atoms with van der Waals surface area (Å²) in [7, 11) is -3.74. The van der Waals surface area contributed by atoms with E-state index in [0.29, 0.717) is 33.4 Å². The SMILES string of the molecule is O=C(Nc1ccc2cnn(CC3CC3(F)F)c2n1)c1ccc(NS(=O)(=O)CCO)cc1N1CCC2(CC1)CC2. The number of hydrogen-bond donors (Lipinski definition) is 3. The number of sulfonamides is 1. The van der Waals surface area contributed by atoms with Gasteiger partial charge >= 0.3 is 0 Å². The molecule has 3 N–H and O–H groups in total. The molecule has 1 aliphatic heterocycles. The first-order chi connectivity index (χ1) is 18.6. The smallest absolute Gasteiger partial charge is 0.258 e. The zero-order valence-electron chi connectivity index (χ0n) is 21.2. The van der Waals surface area contributed by atoms with Crippen LogP contribution in [0.15, 0.2) is 36.5 Å². The van der Waals surface area contributed by atoms with Crippen molar-refractivity contribution in [2.75, 3.05) is 40.4 Å². The number of aliphatic hydroxyl groups is 1. The molecule has 1 saturated heterocycles. The van der Waals surface area contributed by atoms with E-state index in [1.807, 2.05) is 0 Å². The summed E-state index contributed by atoms with van der Waals surface area (Å²) < 4.78 is 55.3. The average molecular weight is 561 g/mol. The maximum Gasteiger partial charge on any atom is 0.258 e. The molecule has 1 spiro atoms. The normalized spacial score (nSPS) is 21.2. The minimum atomic E-state index is -3.74. The number of alkyl halides is 2. The number of halogens is 2. The number of nitrogens with one attached hydrogen (secondary N) is 2. The molecule has 2 aromatic heterocycles. The molecule has 39 heavy (non-hydrogen) atoms. The third kappa shape index (κ3) is 5.42. The van der Waals surface area contributed by atoms with Crippen LogP contribution in [0.5, 0.6) is 0 Å². The van der Waals surface area contributed by atoms with E-state index >= 15 is 0 Å². The van der Waals surface area contributed by atoms with Crippen LogP contribution in [0, 0.1) is 11.3 Å². The van der Waals surface area contributed by atoms with Crippen LogP contribution in [-0.2, 0) is 16.6 Å². The number of piperidine rings is 1. The summed E-state index contributed by atoms with van der Waals surface area (Å²) in [5.41, 5.74) is 2.10. The van der Waals surface area contributed by atoms with Crippen molar-refractivity contribution >= 4 is 44.2 Å². The Morgan fingerprint density at radius 3 is 2.54 bits per heavy atom. The zero-order valence-corrected chi connectivity index (χ0v) is 22.1. The summed E-state index contributed by atoms with van der Waals surface area (Å²) in [5, 5.41) is 16.7. The van der Waals surface area contributed by atoms with Crippen molar-refractivity contribution in [2.24, 2.45) is 11.3 Å². The second-order valence-corrected chi connectivity index (χ2v) is 12.8. The lowest BCUT2D eigenvalue weighted by molar-refractivity contribution is 0.0944. The number of carbonyl (C=O) groups is 1. The number of aliphatic hydroxyl groups excluding tert-OH is 1. The van der Waals surface area contributed by atoms with Crippen LogP contribution in [-0.4, -0.2) is 65.6 Å². The number of fused-ring (bicyclic) bond motifs is 1. The summed E-state index contributed by atoms with van der Waals surface area (Å²) in [4.78, 5) is 20.1. The molecule has 0 bridgehead atoms. The lowest BCUT2D eigenvalue weighted by Gasteiger charge is -2.35. The van der Waals surface area contributed by atoms with Crippen molar-refractivity contribution in [3.63, 3.8) is 0 Å². The minimum absolute atomic E-state index is 0.0507. The van der Waals surface area contributed by atoms with Crippen LogP contribution in [0.2, 0.25) is 0 Å². The molecule has 0 radical (unpaired) electrons. The maximum absolute atomic E-state index is 13.5. The molecule has 13 heteroatoms. The number of hydrogen-bond acceptors (Lipinski definition) is 7. The largest absolute Gasteiger partial charge is 0.395 e. The monoisotopic (exact) mass is 560 g/mol. The van der Waals surface area contributed by atoms with Crippen LogP contribution in [0.25, 0.3) is 11.0 Å². The van der Waals surface area contributed by atoms with Crippen LogP contribution >= 0.6 is 0 Å². The number of nitrogens with zero attached hydrogens (tertiary/aromatic N) is 4. The Morgan fingerprint density at radius 1 is 1.13 bits per heavy atom. The van der Waals surface area contributed by atoms with E-state index in [9.17, 15) is 22.0 Å². The standard InChI is InChI=1S/C26H30F2N6O4S/c27-26(28)14-18(26)16-34-23-17(15-29-34)1-4-22(30-23)31-24(36)20-3-2-19(32-39(37,38)12-11-35)13-21(20)33-9-7-25(5-6-25)8-10-33/h1-4,13,15,18,32,35H,5-12,14,16H2,(H,30,31,36).